The summed E-state index contributed by atoms with van der Waals surface area (Å²) in [6.07, 6.45) is 0. The number of hydrogen-bond donors (Lipinski definition) is 0. The van der Waals surface area contributed by atoms with Crippen molar-refractivity contribution in [1.82, 2.24) is 0 Å². The summed E-state index contributed by atoms with van der Waals surface area (Å²) in [6.45, 7) is 3.01. The highest BCUT2D eigenvalue weighted by atomic mass is 31.0. The number of benzene rings is 1. The van der Waals surface area contributed by atoms with Gasteiger partial charge in [0.25, 0.3) is 0 Å². The molecule has 0 nitrogen and oxygen atoms in total. The monoisotopic (exact) mass is 224 g/mol. The van der Waals surface area contributed by atoms with Crippen molar-refractivity contribution in [2.75, 3.05) is 0 Å². The second-order valence-corrected chi connectivity index (χ2v) is 3.82. The van der Waals surface area contributed by atoms with Crippen LogP contribution in [0.3, 0.4) is 0 Å². The van der Waals surface area contributed by atoms with Crippen LogP contribution in [0.5, 0.6) is 0 Å². The molecule has 0 N–H and O–H groups in total. The van der Waals surface area contributed by atoms with Crippen LogP contribution in [-0.2, 0) is 0 Å². The Balaban J connectivity index is 3.60. The highest BCUT2D eigenvalue weighted by molar-refractivity contribution is 7.27. The van der Waals surface area contributed by atoms with Gasteiger partial charge in [-0.1, -0.05) is 23.1 Å². The van der Waals surface area contributed by atoms with E-state index in [4.69, 9.17) is 0 Å². The summed E-state index contributed by atoms with van der Waals surface area (Å²) in [5.74, 6) is -6.14. The fourth-order valence-corrected chi connectivity index (χ4v) is 1.46. The van der Waals surface area contributed by atoms with E-state index in [2.05, 4.69) is 0 Å². The molecule has 0 fully saturated rings. The van der Waals surface area contributed by atoms with Crippen LogP contribution in [0, 0.1) is 23.3 Å². The summed E-state index contributed by atoms with van der Waals surface area (Å²) in [4.78, 5) is 0. The van der Waals surface area contributed by atoms with E-state index in [1.54, 1.807) is 9.24 Å². The van der Waals surface area contributed by atoms with E-state index in [9.17, 15) is 17.6 Å². The molecule has 0 amide bonds. The van der Waals surface area contributed by atoms with Gasteiger partial charge in [0.15, 0.2) is 17.5 Å². The van der Waals surface area contributed by atoms with Crippen LogP contribution >= 0.6 is 9.24 Å². The zero-order valence-corrected chi connectivity index (χ0v) is 8.82. The Morgan fingerprint density at radius 1 is 0.857 bits per heavy atom. The third-order valence-corrected chi connectivity index (χ3v) is 2.42. The molecule has 0 aliphatic rings. The predicted molar refractivity (Wildman–Crippen MR) is 49.7 cm³/mol. The van der Waals surface area contributed by atoms with E-state index in [1.807, 2.05) is 0 Å². The van der Waals surface area contributed by atoms with E-state index in [1.165, 1.54) is 13.8 Å². The maximum atomic E-state index is 13.3. The van der Waals surface area contributed by atoms with Crippen molar-refractivity contribution >= 4 is 14.5 Å². The van der Waals surface area contributed by atoms with Gasteiger partial charge in [0.2, 0.25) is 0 Å². The molecule has 5 heteroatoms. The van der Waals surface area contributed by atoms with Crippen molar-refractivity contribution in [1.29, 1.82) is 0 Å². The van der Waals surface area contributed by atoms with Gasteiger partial charge in [0, 0.05) is 10.9 Å². The molecule has 1 aromatic carbocycles. The lowest BCUT2D eigenvalue weighted by Crippen LogP contribution is -2.16. The van der Waals surface area contributed by atoms with E-state index in [0.717, 1.165) is 0 Å². The lowest BCUT2D eigenvalue weighted by Gasteiger charge is -2.11. The first-order valence-electron chi connectivity index (χ1n) is 3.99. The van der Waals surface area contributed by atoms with Gasteiger partial charge in [-0.3, -0.25) is 0 Å². The van der Waals surface area contributed by atoms with Gasteiger partial charge in [-0.15, -0.1) is 0 Å². The van der Waals surface area contributed by atoms with Crippen LogP contribution in [0.25, 0.3) is 0 Å². The maximum absolute atomic E-state index is 13.3. The molecule has 0 saturated carbocycles. The molecule has 78 valence electrons. The standard InChI is InChI=1S/C9H9F4P/c1-3(2)4-5(10)7(12)8(13)9(14)6(4)11/h3H,14H2,1-2H3. The van der Waals surface area contributed by atoms with Crippen LogP contribution < -0.4 is 5.30 Å². The van der Waals surface area contributed by atoms with E-state index in [-0.39, 0.29) is 0 Å². The molecule has 1 rings (SSSR count). The van der Waals surface area contributed by atoms with E-state index >= 15 is 0 Å². The first kappa shape index (κ1) is 11.4. The summed E-state index contributed by atoms with van der Waals surface area (Å²) < 4.78 is 52.1. The van der Waals surface area contributed by atoms with Gasteiger partial charge in [-0.05, 0) is 5.92 Å². The predicted octanol–water partition coefficient (Wildman–Crippen LogP) is 2.87. The first-order chi connectivity index (χ1) is 6.37. The molecule has 0 bridgehead atoms. The van der Waals surface area contributed by atoms with Crippen LogP contribution in [-0.4, -0.2) is 0 Å². The summed E-state index contributed by atoms with van der Waals surface area (Å²) in [7, 11) is 1.72. The highest BCUT2D eigenvalue weighted by Gasteiger charge is 2.24. The van der Waals surface area contributed by atoms with Gasteiger partial charge in [-0.25, -0.2) is 17.6 Å². The molecule has 1 aromatic rings. The van der Waals surface area contributed by atoms with Gasteiger partial charge < -0.3 is 0 Å². The van der Waals surface area contributed by atoms with Crippen LogP contribution in [0.1, 0.15) is 25.3 Å². The maximum Gasteiger partial charge on any atom is 0.195 e. The zero-order valence-electron chi connectivity index (χ0n) is 7.67. The summed E-state index contributed by atoms with van der Waals surface area (Å²) in [5, 5.41) is -0.562. The van der Waals surface area contributed by atoms with E-state index in [0.29, 0.717) is 0 Å². The third-order valence-electron chi connectivity index (χ3n) is 1.91. The quantitative estimate of drug-likeness (QED) is 0.298. The Morgan fingerprint density at radius 3 is 1.79 bits per heavy atom. The Hall–Kier alpha value is -0.630. The normalized spacial score (nSPS) is 11.1. The second kappa shape index (κ2) is 3.85. The smallest absolute Gasteiger partial charge is 0.195 e. The minimum Gasteiger partial charge on any atom is -0.206 e. The van der Waals surface area contributed by atoms with Crippen molar-refractivity contribution in [2.45, 2.75) is 19.8 Å². The average Bonchev–Trinajstić information content (AvgIpc) is 2.11. The summed E-state index contributed by atoms with van der Waals surface area (Å²) in [6, 6.07) is 0. The molecule has 0 radical (unpaired) electrons. The Morgan fingerprint density at radius 2 is 1.36 bits per heavy atom. The molecule has 0 saturated heterocycles. The van der Waals surface area contributed by atoms with Crippen molar-refractivity contribution in [3.8, 4) is 0 Å². The van der Waals surface area contributed by atoms with E-state index < -0.39 is 40.1 Å². The van der Waals surface area contributed by atoms with Gasteiger partial charge in [-0.2, -0.15) is 0 Å². The molecule has 14 heavy (non-hydrogen) atoms. The van der Waals surface area contributed by atoms with Gasteiger partial charge in [0.1, 0.15) is 5.82 Å². The SMILES string of the molecule is CC(C)c1c(F)c(F)c(F)c(P)c1F. The largest absolute Gasteiger partial charge is 0.206 e. The van der Waals surface area contributed by atoms with Crippen LogP contribution in [0.2, 0.25) is 0 Å². The first-order valence-corrected chi connectivity index (χ1v) is 4.57. The van der Waals surface area contributed by atoms with Crippen LogP contribution in [0.4, 0.5) is 17.6 Å². The van der Waals surface area contributed by atoms with Crippen LogP contribution in [0.15, 0.2) is 0 Å². The molecule has 1 unspecified atom stereocenters. The summed E-state index contributed by atoms with van der Waals surface area (Å²) >= 11 is 0. The fourth-order valence-electron chi connectivity index (χ4n) is 1.18. The Bertz CT molecular complexity index is 345. The van der Waals surface area contributed by atoms with Crippen molar-refractivity contribution in [3.05, 3.63) is 28.8 Å². The zero-order chi connectivity index (χ0) is 11.0. The van der Waals surface area contributed by atoms with Crippen molar-refractivity contribution in [2.24, 2.45) is 0 Å². The molecule has 0 heterocycles. The highest BCUT2D eigenvalue weighted by Crippen LogP contribution is 2.25. The molecule has 0 aromatic heterocycles. The molecule has 0 aliphatic heterocycles. The average molecular weight is 224 g/mol. The van der Waals surface area contributed by atoms with Crippen molar-refractivity contribution in [3.63, 3.8) is 0 Å². The molecular formula is C9H9F4P. The van der Waals surface area contributed by atoms with Crippen molar-refractivity contribution < 1.29 is 17.6 Å². The topological polar surface area (TPSA) is 0 Å². The minimum absolute atomic E-state index is 0.422. The lowest BCUT2D eigenvalue weighted by atomic mass is 10.0. The summed E-state index contributed by atoms with van der Waals surface area (Å²) in [5.41, 5.74) is -0.422. The number of hydrogen-bond acceptors (Lipinski definition) is 0. The fraction of sp³-hybridized carbons (Fsp3) is 0.333. The number of halogens is 4. The molecule has 0 aliphatic carbocycles. The molecule has 0 spiro atoms. The third kappa shape index (κ3) is 1.63. The molecule has 1 atom stereocenters. The number of rotatable bonds is 1. The Kier molecular flexibility index (Phi) is 3.15. The Labute approximate surface area is 81.5 Å². The van der Waals surface area contributed by atoms with Gasteiger partial charge in [0.05, 0.1) is 0 Å². The molecular weight excluding hydrogens is 215 g/mol. The van der Waals surface area contributed by atoms with Gasteiger partial charge >= 0.3 is 0 Å². The lowest BCUT2D eigenvalue weighted by molar-refractivity contribution is 0.427. The minimum atomic E-state index is -1.62. The second-order valence-electron chi connectivity index (χ2n) is 3.24.